The zero-order valence-electron chi connectivity index (χ0n) is 14.2. The van der Waals surface area contributed by atoms with Crippen LogP contribution in [-0.2, 0) is 10.0 Å². The number of hydrogen-bond donors (Lipinski definition) is 0. The molecule has 1 unspecified atom stereocenters. The summed E-state index contributed by atoms with van der Waals surface area (Å²) < 4.78 is 27.1. The highest BCUT2D eigenvalue weighted by molar-refractivity contribution is 7.89. The van der Waals surface area contributed by atoms with Crippen LogP contribution in [0, 0.1) is 6.92 Å². The topological polar surface area (TPSA) is 40.6 Å². The van der Waals surface area contributed by atoms with Gasteiger partial charge in [-0.2, -0.15) is 4.31 Å². The normalized spacial score (nSPS) is 18.4. The van der Waals surface area contributed by atoms with Crippen molar-refractivity contribution >= 4 is 10.0 Å². The van der Waals surface area contributed by atoms with E-state index in [9.17, 15) is 8.42 Å². The smallest absolute Gasteiger partial charge is 0.243 e. The maximum absolute atomic E-state index is 12.8. The van der Waals surface area contributed by atoms with Gasteiger partial charge in [0.15, 0.2) is 0 Å². The first kappa shape index (κ1) is 17.1. The lowest BCUT2D eigenvalue weighted by molar-refractivity contribution is 0.146. The van der Waals surface area contributed by atoms with Crippen LogP contribution in [0.3, 0.4) is 0 Å². The van der Waals surface area contributed by atoms with Gasteiger partial charge in [0.2, 0.25) is 10.0 Å². The quantitative estimate of drug-likeness (QED) is 0.856. The van der Waals surface area contributed by atoms with Crippen LogP contribution >= 0.6 is 0 Å². The zero-order chi connectivity index (χ0) is 17.2. The summed E-state index contributed by atoms with van der Waals surface area (Å²) in [6.45, 7) is 6.71. The van der Waals surface area contributed by atoms with Gasteiger partial charge in [0, 0.05) is 32.2 Å². The first-order chi connectivity index (χ1) is 11.5. The molecule has 0 spiro atoms. The summed E-state index contributed by atoms with van der Waals surface area (Å²) in [6, 6.07) is 17.8. The van der Waals surface area contributed by atoms with Crippen molar-refractivity contribution in [3.05, 3.63) is 65.7 Å². The molecule has 128 valence electrons. The average molecular weight is 344 g/mol. The van der Waals surface area contributed by atoms with E-state index in [0.29, 0.717) is 24.0 Å². The lowest BCUT2D eigenvalue weighted by Crippen LogP contribution is -2.49. The largest absolute Gasteiger partial charge is 0.294 e. The fourth-order valence-corrected chi connectivity index (χ4v) is 4.56. The number of hydrogen-bond acceptors (Lipinski definition) is 3. The van der Waals surface area contributed by atoms with E-state index in [1.165, 1.54) is 5.56 Å². The molecule has 4 nitrogen and oxygen atoms in total. The van der Waals surface area contributed by atoms with Crippen molar-refractivity contribution in [2.75, 3.05) is 26.2 Å². The third-order valence-electron chi connectivity index (χ3n) is 4.76. The van der Waals surface area contributed by atoms with Crippen LogP contribution < -0.4 is 0 Å². The van der Waals surface area contributed by atoms with Gasteiger partial charge in [-0.3, -0.25) is 4.90 Å². The van der Waals surface area contributed by atoms with Crippen LogP contribution in [0.2, 0.25) is 0 Å². The van der Waals surface area contributed by atoms with Crippen LogP contribution in [0.25, 0.3) is 0 Å². The summed E-state index contributed by atoms with van der Waals surface area (Å²) in [5.41, 5.74) is 2.34. The third-order valence-corrected chi connectivity index (χ3v) is 6.67. The van der Waals surface area contributed by atoms with Gasteiger partial charge in [-0.25, -0.2) is 8.42 Å². The fourth-order valence-electron chi connectivity index (χ4n) is 3.13. The Kier molecular flexibility index (Phi) is 5.04. The van der Waals surface area contributed by atoms with E-state index in [-0.39, 0.29) is 0 Å². The molecule has 1 fully saturated rings. The Balaban J connectivity index is 1.67. The molecule has 0 saturated carbocycles. The molecular weight excluding hydrogens is 320 g/mol. The van der Waals surface area contributed by atoms with Gasteiger partial charge in [0.25, 0.3) is 0 Å². The molecule has 2 aromatic carbocycles. The molecule has 0 aromatic heterocycles. The number of rotatable bonds is 4. The average Bonchev–Trinajstić information content (AvgIpc) is 2.62. The molecule has 0 aliphatic carbocycles. The molecule has 1 aliphatic rings. The minimum absolute atomic E-state index is 0.301. The van der Waals surface area contributed by atoms with Gasteiger partial charge in [0.1, 0.15) is 0 Å². The van der Waals surface area contributed by atoms with Crippen molar-refractivity contribution in [2.24, 2.45) is 0 Å². The Morgan fingerprint density at radius 3 is 2.04 bits per heavy atom. The Morgan fingerprint density at radius 2 is 1.46 bits per heavy atom. The molecule has 24 heavy (non-hydrogen) atoms. The molecule has 1 atom stereocenters. The maximum atomic E-state index is 12.8. The summed E-state index contributed by atoms with van der Waals surface area (Å²) in [6.07, 6.45) is 0. The second-order valence-corrected chi connectivity index (χ2v) is 8.28. The fraction of sp³-hybridized carbons (Fsp3) is 0.368. The lowest BCUT2D eigenvalue weighted by atomic mass is 10.1. The van der Waals surface area contributed by atoms with Gasteiger partial charge in [-0.15, -0.1) is 0 Å². The Bertz CT molecular complexity index is 765. The predicted octanol–water partition coefficient (Wildman–Crippen LogP) is 3.06. The third kappa shape index (κ3) is 3.53. The van der Waals surface area contributed by atoms with Gasteiger partial charge >= 0.3 is 0 Å². The number of sulfonamides is 1. The summed E-state index contributed by atoms with van der Waals surface area (Å²) in [5.74, 6) is 0. The van der Waals surface area contributed by atoms with Crippen LogP contribution in [0.1, 0.15) is 24.1 Å². The monoisotopic (exact) mass is 344 g/mol. The molecule has 3 rings (SSSR count). The molecule has 1 aliphatic heterocycles. The van der Waals surface area contributed by atoms with E-state index in [4.69, 9.17) is 0 Å². The Labute approximate surface area is 144 Å². The molecule has 5 heteroatoms. The lowest BCUT2D eigenvalue weighted by Gasteiger charge is -2.37. The minimum atomic E-state index is -3.39. The van der Waals surface area contributed by atoms with E-state index in [0.717, 1.165) is 18.7 Å². The highest BCUT2D eigenvalue weighted by Crippen LogP contribution is 2.24. The molecule has 1 heterocycles. The Morgan fingerprint density at radius 1 is 0.875 bits per heavy atom. The summed E-state index contributed by atoms with van der Waals surface area (Å²) in [7, 11) is -3.39. The van der Waals surface area contributed by atoms with Crippen molar-refractivity contribution < 1.29 is 8.42 Å². The summed E-state index contributed by atoms with van der Waals surface area (Å²) >= 11 is 0. The minimum Gasteiger partial charge on any atom is -0.294 e. The second kappa shape index (κ2) is 7.05. The molecular formula is C19H24N2O2S. The van der Waals surface area contributed by atoms with E-state index in [2.05, 4.69) is 24.0 Å². The highest BCUT2D eigenvalue weighted by atomic mass is 32.2. The van der Waals surface area contributed by atoms with E-state index >= 15 is 0 Å². The molecule has 1 saturated heterocycles. The van der Waals surface area contributed by atoms with Crippen molar-refractivity contribution in [3.63, 3.8) is 0 Å². The van der Waals surface area contributed by atoms with E-state index < -0.39 is 10.0 Å². The molecule has 0 bridgehead atoms. The van der Waals surface area contributed by atoms with Crippen molar-refractivity contribution in [1.82, 2.24) is 9.21 Å². The van der Waals surface area contributed by atoms with E-state index in [1.807, 2.05) is 37.3 Å². The number of piperazine rings is 1. The van der Waals surface area contributed by atoms with Crippen molar-refractivity contribution in [2.45, 2.75) is 24.8 Å². The maximum Gasteiger partial charge on any atom is 0.243 e. The van der Waals surface area contributed by atoms with Gasteiger partial charge in [-0.05, 0) is 31.5 Å². The van der Waals surface area contributed by atoms with Crippen LogP contribution in [0.4, 0.5) is 0 Å². The zero-order valence-corrected chi connectivity index (χ0v) is 15.0. The number of nitrogens with zero attached hydrogens (tertiary/aromatic N) is 2. The number of benzene rings is 2. The summed E-state index contributed by atoms with van der Waals surface area (Å²) in [4.78, 5) is 2.73. The number of aryl methyl sites for hydroxylation is 1. The first-order valence-corrected chi connectivity index (χ1v) is 9.78. The predicted molar refractivity (Wildman–Crippen MR) is 96.4 cm³/mol. The highest BCUT2D eigenvalue weighted by Gasteiger charge is 2.30. The molecule has 0 amide bonds. The second-order valence-electron chi connectivity index (χ2n) is 6.34. The first-order valence-electron chi connectivity index (χ1n) is 8.34. The van der Waals surface area contributed by atoms with Crippen molar-refractivity contribution in [3.8, 4) is 0 Å². The van der Waals surface area contributed by atoms with Gasteiger partial charge in [-0.1, -0.05) is 48.0 Å². The van der Waals surface area contributed by atoms with Gasteiger partial charge in [0.05, 0.1) is 4.90 Å². The molecule has 0 N–H and O–H groups in total. The SMILES string of the molecule is Cc1ccc(S(=O)(=O)N2CCN(C(C)c3ccccc3)CC2)cc1. The molecule has 2 aromatic rings. The Hall–Kier alpha value is -1.69. The van der Waals surface area contributed by atoms with Crippen LogP contribution in [0.5, 0.6) is 0 Å². The molecule has 0 radical (unpaired) electrons. The summed E-state index contributed by atoms with van der Waals surface area (Å²) in [5, 5.41) is 0. The van der Waals surface area contributed by atoms with Crippen LogP contribution in [-0.4, -0.2) is 43.8 Å². The standard InChI is InChI=1S/C19H24N2O2S/c1-16-8-10-19(11-9-16)24(22,23)21-14-12-20(13-15-21)17(2)18-6-4-3-5-7-18/h3-11,17H,12-15H2,1-2H3. The van der Waals surface area contributed by atoms with Gasteiger partial charge < -0.3 is 0 Å². The van der Waals surface area contributed by atoms with Crippen molar-refractivity contribution in [1.29, 1.82) is 0 Å². The van der Waals surface area contributed by atoms with E-state index in [1.54, 1.807) is 16.4 Å². The van der Waals surface area contributed by atoms with Crippen LogP contribution in [0.15, 0.2) is 59.5 Å².